The van der Waals surface area contributed by atoms with Crippen molar-refractivity contribution in [2.24, 2.45) is 0 Å². The number of para-hydroxylation sites is 1. The smallest absolute Gasteiger partial charge is 0.294 e. The molecule has 2 saturated heterocycles. The van der Waals surface area contributed by atoms with Crippen molar-refractivity contribution in [1.82, 2.24) is 4.90 Å². The van der Waals surface area contributed by atoms with Crippen molar-refractivity contribution in [3.05, 3.63) is 64.0 Å². The van der Waals surface area contributed by atoms with Crippen molar-refractivity contribution in [3.63, 3.8) is 0 Å². The van der Waals surface area contributed by atoms with Crippen LogP contribution >= 0.6 is 23.4 Å². The predicted molar refractivity (Wildman–Crippen MR) is 121 cm³/mol. The molecule has 8 heteroatoms. The number of anilines is 2. The molecule has 30 heavy (non-hydrogen) atoms. The van der Waals surface area contributed by atoms with Crippen molar-refractivity contribution < 1.29 is 14.4 Å². The van der Waals surface area contributed by atoms with Gasteiger partial charge in [0.2, 0.25) is 5.91 Å². The SMILES string of the molecule is O=C(CN1C(=O)S/C(=C/c2ccc(N3CCCC3)cc2)C1=O)Nc1ccccc1Cl. The summed E-state index contributed by atoms with van der Waals surface area (Å²) in [6, 6.07) is 14.7. The number of amides is 3. The first kappa shape index (κ1) is 20.5. The van der Waals surface area contributed by atoms with Crippen LogP contribution in [0.2, 0.25) is 5.02 Å². The molecule has 0 aliphatic carbocycles. The number of hydrogen-bond donors (Lipinski definition) is 1. The van der Waals surface area contributed by atoms with Crippen LogP contribution in [0.15, 0.2) is 53.4 Å². The summed E-state index contributed by atoms with van der Waals surface area (Å²) in [5.74, 6) is -0.954. The van der Waals surface area contributed by atoms with E-state index in [1.54, 1.807) is 30.3 Å². The highest BCUT2D eigenvalue weighted by molar-refractivity contribution is 8.18. The van der Waals surface area contributed by atoms with Gasteiger partial charge in [-0.15, -0.1) is 0 Å². The molecule has 2 fully saturated rings. The van der Waals surface area contributed by atoms with Crippen molar-refractivity contribution >= 4 is 57.9 Å². The standard InChI is InChI=1S/C22H20ClN3O3S/c23-17-5-1-2-6-18(17)24-20(27)14-26-21(28)19(30-22(26)29)13-15-7-9-16(10-8-15)25-11-3-4-12-25/h1-2,5-10,13H,3-4,11-12,14H2,(H,24,27)/b19-13+. The second kappa shape index (κ2) is 8.93. The Bertz CT molecular complexity index is 1020. The van der Waals surface area contributed by atoms with Crippen molar-refractivity contribution in [2.45, 2.75) is 12.8 Å². The first-order valence-corrected chi connectivity index (χ1v) is 10.9. The van der Waals surface area contributed by atoms with E-state index in [0.29, 0.717) is 15.6 Å². The zero-order valence-corrected chi connectivity index (χ0v) is 17.7. The number of benzene rings is 2. The van der Waals surface area contributed by atoms with E-state index >= 15 is 0 Å². The van der Waals surface area contributed by atoms with E-state index < -0.39 is 17.1 Å². The fourth-order valence-electron chi connectivity index (χ4n) is 3.44. The Morgan fingerprint density at radius 2 is 1.77 bits per heavy atom. The lowest BCUT2D eigenvalue weighted by Gasteiger charge is -2.17. The summed E-state index contributed by atoms with van der Waals surface area (Å²) in [5.41, 5.74) is 2.43. The number of imide groups is 1. The van der Waals surface area contributed by atoms with Gasteiger partial charge in [-0.05, 0) is 60.5 Å². The molecule has 0 unspecified atom stereocenters. The Kier molecular flexibility index (Phi) is 6.11. The van der Waals surface area contributed by atoms with Crippen LogP contribution in [0.4, 0.5) is 16.2 Å². The van der Waals surface area contributed by atoms with E-state index in [0.717, 1.165) is 41.0 Å². The number of thioether (sulfide) groups is 1. The lowest BCUT2D eigenvalue weighted by Crippen LogP contribution is -2.36. The van der Waals surface area contributed by atoms with E-state index in [4.69, 9.17) is 11.6 Å². The molecule has 3 amide bonds. The van der Waals surface area contributed by atoms with Gasteiger partial charge >= 0.3 is 0 Å². The van der Waals surface area contributed by atoms with Gasteiger partial charge in [0.05, 0.1) is 15.6 Å². The van der Waals surface area contributed by atoms with E-state index in [9.17, 15) is 14.4 Å². The van der Waals surface area contributed by atoms with Gasteiger partial charge in [0.1, 0.15) is 6.54 Å². The normalized spacial score (nSPS) is 17.8. The highest BCUT2D eigenvalue weighted by atomic mass is 35.5. The molecule has 2 aliphatic rings. The third kappa shape index (κ3) is 4.52. The van der Waals surface area contributed by atoms with Crippen LogP contribution < -0.4 is 10.2 Å². The summed E-state index contributed by atoms with van der Waals surface area (Å²) in [6.07, 6.45) is 4.10. The molecule has 0 radical (unpaired) electrons. The summed E-state index contributed by atoms with van der Waals surface area (Å²) in [6.45, 7) is 1.77. The van der Waals surface area contributed by atoms with Gasteiger partial charge in [-0.1, -0.05) is 35.9 Å². The molecule has 0 atom stereocenters. The maximum Gasteiger partial charge on any atom is 0.294 e. The monoisotopic (exact) mass is 441 g/mol. The van der Waals surface area contributed by atoms with Crippen molar-refractivity contribution in [2.75, 3.05) is 29.9 Å². The van der Waals surface area contributed by atoms with Gasteiger partial charge in [0.15, 0.2) is 0 Å². The Balaban J connectivity index is 1.41. The minimum atomic E-state index is -0.485. The zero-order chi connectivity index (χ0) is 21.1. The number of hydrogen-bond acceptors (Lipinski definition) is 5. The van der Waals surface area contributed by atoms with Crippen molar-refractivity contribution in [1.29, 1.82) is 0 Å². The highest BCUT2D eigenvalue weighted by Crippen LogP contribution is 2.32. The van der Waals surface area contributed by atoms with E-state index in [1.165, 1.54) is 12.8 Å². The molecule has 0 spiro atoms. The lowest BCUT2D eigenvalue weighted by molar-refractivity contribution is -0.127. The Morgan fingerprint density at radius 1 is 1.07 bits per heavy atom. The summed E-state index contributed by atoms with van der Waals surface area (Å²) in [4.78, 5) is 40.8. The topological polar surface area (TPSA) is 69.7 Å². The molecule has 0 bridgehead atoms. The molecule has 2 aliphatic heterocycles. The maximum absolute atomic E-state index is 12.7. The predicted octanol–water partition coefficient (Wildman–Crippen LogP) is 4.62. The number of rotatable bonds is 5. The number of nitrogens with one attached hydrogen (secondary N) is 1. The molecule has 1 N–H and O–H groups in total. The van der Waals surface area contributed by atoms with Crippen LogP contribution in [-0.4, -0.2) is 41.6 Å². The fourth-order valence-corrected chi connectivity index (χ4v) is 4.46. The molecule has 0 aromatic heterocycles. The molecule has 4 rings (SSSR count). The van der Waals surface area contributed by atoms with Gasteiger partial charge in [-0.25, -0.2) is 0 Å². The van der Waals surface area contributed by atoms with Gasteiger partial charge in [-0.3, -0.25) is 19.3 Å². The first-order chi connectivity index (χ1) is 14.5. The Morgan fingerprint density at radius 3 is 2.47 bits per heavy atom. The summed E-state index contributed by atoms with van der Waals surface area (Å²) in [5, 5.41) is 2.55. The third-order valence-corrected chi connectivity index (χ3v) is 6.22. The largest absolute Gasteiger partial charge is 0.372 e. The molecule has 2 aromatic rings. The van der Waals surface area contributed by atoms with Crippen LogP contribution in [0.5, 0.6) is 0 Å². The molecule has 2 aromatic carbocycles. The van der Waals surface area contributed by atoms with Gasteiger partial charge in [0, 0.05) is 18.8 Å². The number of carbonyl (C=O) groups excluding carboxylic acids is 3. The quantitative estimate of drug-likeness (QED) is 0.686. The lowest BCUT2D eigenvalue weighted by atomic mass is 10.2. The molecular weight excluding hydrogens is 422 g/mol. The second-order valence-corrected chi connectivity index (χ2v) is 8.48. The summed E-state index contributed by atoms with van der Waals surface area (Å²) < 4.78 is 0. The number of carbonyl (C=O) groups is 3. The van der Waals surface area contributed by atoms with Gasteiger partial charge in [-0.2, -0.15) is 0 Å². The average molecular weight is 442 g/mol. The van der Waals surface area contributed by atoms with Crippen LogP contribution in [0.1, 0.15) is 18.4 Å². The Labute approximate surface area is 183 Å². The molecule has 2 heterocycles. The summed E-state index contributed by atoms with van der Waals surface area (Å²) in [7, 11) is 0. The van der Waals surface area contributed by atoms with Crippen molar-refractivity contribution in [3.8, 4) is 0 Å². The molecule has 0 saturated carbocycles. The first-order valence-electron chi connectivity index (χ1n) is 9.66. The zero-order valence-electron chi connectivity index (χ0n) is 16.1. The van der Waals surface area contributed by atoms with E-state index in [1.807, 2.05) is 24.3 Å². The van der Waals surface area contributed by atoms with E-state index in [2.05, 4.69) is 10.2 Å². The van der Waals surface area contributed by atoms with Crippen LogP contribution in [0, 0.1) is 0 Å². The maximum atomic E-state index is 12.7. The number of nitrogens with zero attached hydrogens (tertiary/aromatic N) is 2. The minimum Gasteiger partial charge on any atom is -0.372 e. The molecular formula is C22H20ClN3O3S. The van der Waals surface area contributed by atoms with Gasteiger partial charge < -0.3 is 10.2 Å². The average Bonchev–Trinajstić information content (AvgIpc) is 3.35. The van der Waals surface area contributed by atoms with E-state index in [-0.39, 0.29) is 6.54 Å². The highest BCUT2D eigenvalue weighted by Gasteiger charge is 2.36. The fraction of sp³-hybridized carbons (Fsp3) is 0.227. The van der Waals surface area contributed by atoms with Crippen LogP contribution in [-0.2, 0) is 9.59 Å². The third-order valence-electron chi connectivity index (χ3n) is 4.99. The number of halogens is 1. The van der Waals surface area contributed by atoms with Gasteiger partial charge in [0.25, 0.3) is 11.1 Å². The minimum absolute atomic E-state index is 0.305. The summed E-state index contributed by atoms with van der Waals surface area (Å²) >= 11 is 6.87. The van der Waals surface area contributed by atoms with Crippen LogP contribution in [0.3, 0.4) is 0 Å². The molecule has 6 nitrogen and oxygen atoms in total. The van der Waals surface area contributed by atoms with Crippen LogP contribution in [0.25, 0.3) is 6.08 Å². The molecule has 154 valence electrons. The second-order valence-electron chi connectivity index (χ2n) is 7.08. The Hall–Kier alpha value is -2.77.